The minimum atomic E-state index is -5.83. The van der Waals surface area contributed by atoms with Crippen molar-refractivity contribution in [2.75, 3.05) is 52.0 Å². The highest BCUT2D eigenvalue weighted by Crippen LogP contribution is 2.66. The third-order valence-corrected chi connectivity index (χ3v) is 16.0. The van der Waals surface area contributed by atoms with Crippen LogP contribution in [0, 0.1) is 27.4 Å². The van der Waals surface area contributed by atoms with Crippen molar-refractivity contribution >= 4 is 63.5 Å². The summed E-state index contributed by atoms with van der Waals surface area (Å²) in [5.74, 6) is 4.07. The topological polar surface area (TPSA) is 388 Å². The van der Waals surface area contributed by atoms with Crippen LogP contribution in [0.3, 0.4) is 0 Å². The molecule has 3 heterocycles. The first-order valence-electron chi connectivity index (χ1n) is 23.5. The standard InChI is InChI=1S/C49H54N7O20P3/c1-49(2,3)44(71-25-29-24-55(48(61)52-45(29)50)42-23-38(57)41(74-42)26-72-78(67,68)76-79(69,70)75-77(64,65)66)33-14-10-27(19-37(33)56(62)63)9-8-18-51-46(58)28-11-15-32(47(59)60)36(20-28)43-34-16-12-30(53(4)5)21-39(34)73-40-22-31(54(6)7)13-17-35(40)43/h10-17,19-22,24,38,41-42,44,57H,18,23,25-26H2,1-7H3,(H7-,50,51,52,58,59,60,61,64,65,66,67,68,69,70)/p+1/t38-,41+,42+,44?/m0/s1. The Morgan fingerprint density at radius 3 is 2.35 bits per heavy atom. The highest BCUT2D eigenvalue weighted by molar-refractivity contribution is 7.66. The van der Waals surface area contributed by atoms with E-state index < -0.39 is 82.5 Å². The zero-order valence-corrected chi connectivity index (χ0v) is 45.9. The van der Waals surface area contributed by atoms with E-state index in [1.54, 1.807) is 20.8 Å². The maximum absolute atomic E-state index is 13.7. The number of hydrogen-bond acceptors (Lipinski definition) is 18. The molecule has 7 rings (SSSR count). The second kappa shape index (κ2) is 23.4. The van der Waals surface area contributed by atoms with Crippen molar-refractivity contribution in [1.29, 1.82) is 0 Å². The van der Waals surface area contributed by atoms with Gasteiger partial charge in [-0.05, 0) is 59.5 Å². The van der Waals surface area contributed by atoms with Crippen LogP contribution in [-0.2, 0) is 42.9 Å². The Bertz CT molecular complexity index is 3710. The molecule has 30 heteroatoms. The van der Waals surface area contributed by atoms with Gasteiger partial charge in [-0.1, -0.05) is 32.6 Å². The zero-order chi connectivity index (χ0) is 58.1. The summed E-state index contributed by atoms with van der Waals surface area (Å²) in [4.78, 5) is 94.0. The molecule has 9 N–H and O–H groups in total. The minimum Gasteiger partial charge on any atom is -0.478 e. The largest absolute Gasteiger partial charge is 0.490 e. The summed E-state index contributed by atoms with van der Waals surface area (Å²) < 4.78 is 68.0. The Kier molecular flexibility index (Phi) is 17.7. The van der Waals surface area contributed by atoms with E-state index in [-0.39, 0.29) is 64.5 Å². The van der Waals surface area contributed by atoms with Crippen molar-refractivity contribution < 1.29 is 85.0 Å². The Balaban J connectivity index is 1.07. The van der Waals surface area contributed by atoms with Gasteiger partial charge >= 0.3 is 35.1 Å². The van der Waals surface area contributed by atoms with E-state index in [2.05, 4.69) is 35.3 Å². The number of anilines is 2. The fraction of sp³-hybridized carbons (Fsp3) is 0.327. The molecule has 79 heavy (non-hydrogen) atoms. The van der Waals surface area contributed by atoms with Crippen LogP contribution in [0.4, 0.5) is 17.2 Å². The predicted molar refractivity (Wildman–Crippen MR) is 283 cm³/mol. The Morgan fingerprint density at radius 1 is 0.987 bits per heavy atom. The molecule has 1 aromatic heterocycles. The van der Waals surface area contributed by atoms with E-state index in [1.807, 2.05) is 74.1 Å². The van der Waals surface area contributed by atoms with E-state index in [9.17, 15) is 58.2 Å². The molecule has 1 aliphatic carbocycles. The van der Waals surface area contributed by atoms with Gasteiger partial charge in [-0.25, -0.2) is 27.9 Å². The third kappa shape index (κ3) is 14.4. The maximum atomic E-state index is 13.7. The quantitative estimate of drug-likeness (QED) is 0.0138. The summed E-state index contributed by atoms with van der Waals surface area (Å²) in [6, 6.07) is 19.6. The molecule has 1 amide bonds. The molecule has 3 aromatic carbocycles. The molecule has 420 valence electrons. The van der Waals surface area contributed by atoms with Crippen LogP contribution in [0.5, 0.6) is 0 Å². The van der Waals surface area contributed by atoms with Crippen LogP contribution in [0.2, 0.25) is 0 Å². The molecule has 0 saturated carbocycles. The Morgan fingerprint density at radius 2 is 1.71 bits per heavy atom. The smallest absolute Gasteiger partial charge is 0.478 e. The number of nitrogens with one attached hydrogen (secondary N) is 1. The molecule has 1 saturated heterocycles. The van der Waals surface area contributed by atoms with E-state index in [0.29, 0.717) is 27.9 Å². The van der Waals surface area contributed by atoms with Crippen LogP contribution >= 0.6 is 23.5 Å². The highest BCUT2D eigenvalue weighted by Gasteiger charge is 2.43. The monoisotopic (exact) mass is 1150 g/mol. The number of nitro benzene ring substituents is 1. The molecule has 2 aliphatic heterocycles. The fourth-order valence-corrected chi connectivity index (χ4v) is 11.5. The SMILES string of the molecule is CN(C)c1ccc2c(-c3cc(C(=O)NCC#Cc4ccc(C(OCc5cn([C@H]6C[C@H](O)[C@@H](COP(=O)(O)OP(=O)(O)OP(=O)(O)O)O6)c(=O)nc5N)C(C)(C)C)c([N+](=O)[O-])c4)ccc3C(=O)O)c3ccc(=[N+](C)C)cc-3oc2c1. The summed E-state index contributed by atoms with van der Waals surface area (Å²) >= 11 is 0. The number of nitrogens with two attached hydrogens (primary N) is 1. The number of fused-ring (bicyclic) bond motifs is 2. The first-order chi connectivity index (χ1) is 36.8. The number of aromatic carboxylic acids is 1. The Hall–Kier alpha value is -6.98. The van der Waals surface area contributed by atoms with Crippen molar-refractivity contribution in [3.05, 3.63) is 133 Å². The predicted octanol–water partition coefficient (Wildman–Crippen LogP) is 5.12. The van der Waals surface area contributed by atoms with Gasteiger partial charge < -0.3 is 59.6 Å². The number of nitro groups is 1. The van der Waals surface area contributed by atoms with Crippen molar-refractivity contribution in [1.82, 2.24) is 19.4 Å². The molecule has 6 atom stereocenters. The van der Waals surface area contributed by atoms with Gasteiger partial charge in [0.2, 0.25) is 5.36 Å². The summed E-state index contributed by atoms with van der Waals surface area (Å²) in [6.07, 6.45) is -4.43. The highest BCUT2D eigenvalue weighted by atomic mass is 31.3. The lowest BCUT2D eigenvalue weighted by atomic mass is 9.83. The van der Waals surface area contributed by atoms with Gasteiger partial charge in [0.15, 0.2) is 0 Å². The van der Waals surface area contributed by atoms with E-state index in [4.69, 9.17) is 29.4 Å². The van der Waals surface area contributed by atoms with E-state index in [1.165, 1.54) is 42.6 Å². The molecule has 27 nitrogen and oxygen atoms in total. The minimum absolute atomic E-state index is 0.0501. The van der Waals surface area contributed by atoms with Gasteiger partial charge in [0.05, 0.1) is 54.1 Å². The lowest BCUT2D eigenvalue weighted by molar-refractivity contribution is -0.386. The van der Waals surface area contributed by atoms with Gasteiger partial charge in [-0.2, -0.15) is 13.6 Å². The number of aliphatic hydroxyl groups is 1. The first-order valence-corrected chi connectivity index (χ1v) is 28.1. The van der Waals surface area contributed by atoms with Crippen LogP contribution in [0.1, 0.15) is 76.9 Å². The summed E-state index contributed by atoms with van der Waals surface area (Å²) in [5.41, 5.74) is 7.28. The fourth-order valence-electron chi connectivity index (χ4n) is 8.49. The van der Waals surface area contributed by atoms with Crippen LogP contribution < -0.4 is 31.6 Å². The van der Waals surface area contributed by atoms with E-state index in [0.717, 1.165) is 15.6 Å². The van der Waals surface area contributed by atoms with Gasteiger partial charge in [0, 0.05) is 83.8 Å². The number of aliphatic hydroxyl groups excluding tert-OH is 1. The number of nitrogens with zero attached hydrogens (tertiary/aromatic N) is 5. The van der Waals surface area contributed by atoms with E-state index >= 15 is 0 Å². The second-order valence-corrected chi connectivity index (χ2v) is 23.8. The number of aromatic nitrogens is 2. The van der Waals surface area contributed by atoms with Gasteiger partial charge in [-0.15, -0.1) is 0 Å². The number of carboxylic acids is 1. The Labute approximate surface area is 449 Å². The molecular formula is C49H55N7O20P3+. The molecule has 0 bridgehead atoms. The number of ether oxygens (including phenoxy) is 2. The number of carbonyl (C=O) groups is 2. The molecular weight excluding hydrogens is 1100 g/mol. The summed E-state index contributed by atoms with van der Waals surface area (Å²) in [7, 11) is -9.53. The van der Waals surface area contributed by atoms with Crippen molar-refractivity contribution in [2.24, 2.45) is 5.41 Å². The number of carboxylic acid groups (broad SMARTS) is 1. The lowest BCUT2D eigenvalue weighted by Crippen LogP contribution is -2.30. The average Bonchev–Trinajstić information content (AvgIpc) is 3.72. The van der Waals surface area contributed by atoms with Gasteiger partial charge in [0.1, 0.15) is 43.6 Å². The molecule has 1 fully saturated rings. The number of phosphoric ester groups is 1. The van der Waals surface area contributed by atoms with Gasteiger partial charge in [-0.3, -0.25) is 24.0 Å². The molecule has 4 aromatic rings. The lowest BCUT2D eigenvalue weighted by Gasteiger charge is -2.31. The number of nitrogen functional groups attached to an aromatic ring is 1. The van der Waals surface area contributed by atoms with Crippen molar-refractivity contribution in [3.8, 4) is 34.3 Å². The molecule has 3 unspecified atom stereocenters. The molecule has 3 aliphatic rings. The number of benzene rings is 4. The maximum Gasteiger partial charge on any atom is 0.490 e. The second-order valence-electron chi connectivity index (χ2n) is 19.4. The summed E-state index contributed by atoms with van der Waals surface area (Å²) in [5, 5.41) is 37.8. The van der Waals surface area contributed by atoms with Gasteiger partial charge in [0.25, 0.3) is 11.6 Å². The zero-order valence-electron chi connectivity index (χ0n) is 43.2. The van der Waals surface area contributed by atoms with Crippen LogP contribution in [-0.4, -0.2) is 110 Å². The van der Waals surface area contributed by atoms with Crippen LogP contribution in [0.25, 0.3) is 33.4 Å². The number of carbonyl (C=O) groups excluding carboxylic acids is 1. The first kappa shape index (κ1) is 59.7. The number of phosphoric acid groups is 3. The number of hydrogen-bond donors (Lipinski definition) is 8. The summed E-state index contributed by atoms with van der Waals surface area (Å²) in [6.45, 7) is 3.69. The number of rotatable bonds is 18. The number of amides is 1. The molecule has 0 radical (unpaired) electrons. The average molecular weight is 1150 g/mol. The normalized spacial score (nSPS) is 17.5. The van der Waals surface area contributed by atoms with Crippen molar-refractivity contribution in [3.63, 3.8) is 0 Å². The van der Waals surface area contributed by atoms with Crippen molar-refractivity contribution in [2.45, 2.75) is 58.3 Å². The molecule has 0 spiro atoms. The third-order valence-electron chi connectivity index (χ3n) is 12.2. The van der Waals surface area contributed by atoms with Crippen LogP contribution in [0.15, 0.2) is 88.2 Å².